The van der Waals surface area contributed by atoms with Crippen LogP contribution in [0.1, 0.15) is 51.5 Å². The maximum atomic E-state index is 12.9. The van der Waals surface area contributed by atoms with Gasteiger partial charge in [0.2, 0.25) is 5.91 Å². The molecular formula is C16H24FNO2. The molecule has 4 heteroatoms. The van der Waals surface area contributed by atoms with Crippen LogP contribution in [-0.4, -0.2) is 23.2 Å². The summed E-state index contributed by atoms with van der Waals surface area (Å²) >= 11 is 0. The van der Waals surface area contributed by atoms with Crippen molar-refractivity contribution in [1.82, 2.24) is 5.32 Å². The zero-order chi connectivity index (χ0) is 15.2. The predicted octanol–water partition coefficient (Wildman–Crippen LogP) is 2.99. The Bertz CT molecular complexity index is 423. The van der Waals surface area contributed by atoms with Crippen LogP contribution in [0, 0.1) is 5.82 Å². The van der Waals surface area contributed by atoms with Gasteiger partial charge in [-0.15, -0.1) is 0 Å². The van der Waals surface area contributed by atoms with Gasteiger partial charge >= 0.3 is 0 Å². The van der Waals surface area contributed by atoms with Gasteiger partial charge in [0.25, 0.3) is 0 Å². The van der Waals surface area contributed by atoms with E-state index >= 15 is 0 Å². The van der Waals surface area contributed by atoms with E-state index < -0.39 is 5.60 Å². The molecule has 1 rings (SSSR count). The Morgan fingerprint density at radius 1 is 1.35 bits per heavy atom. The number of benzene rings is 1. The molecule has 0 bridgehead atoms. The van der Waals surface area contributed by atoms with Gasteiger partial charge < -0.3 is 10.4 Å². The molecule has 1 amide bonds. The molecule has 1 aromatic rings. The molecule has 0 saturated heterocycles. The zero-order valence-corrected chi connectivity index (χ0v) is 12.4. The van der Waals surface area contributed by atoms with Crippen LogP contribution in [-0.2, 0) is 4.79 Å². The van der Waals surface area contributed by atoms with Gasteiger partial charge in [0.05, 0.1) is 5.60 Å². The molecule has 1 atom stereocenters. The lowest BCUT2D eigenvalue weighted by Gasteiger charge is -2.20. The Morgan fingerprint density at radius 2 is 1.95 bits per heavy atom. The number of carbonyl (C=O) groups excluding carboxylic acids is 1. The molecule has 0 saturated carbocycles. The first-order valence-corrected chi connectivity index (χ1v) is 7.06. The van der Waals surface area contributed by atoms with Crippen LogP contribution in [0.2, 0.25) is 0 Å². The first-order valence-electron chi connectivity index (χ1n) is 7.06. The van der Waals surface area contributed by atoms with Crippen LogP contribution in [0.25, 0.3) is 0 Å². The Hall–Kier alpha value is -1.42. The maximum absolute atomic E-state index is 12.9. The standard InChI is InChI=1S/C16H24FNO2/c1-4-5-13(12-6-8-14(17)9-7-12)10-15(19)18-11-16(2,3)20/h6-9,13,20H,4-5,10-11H2,1-3H3,(H,18,19). The van der Waals surface area contributed by atoms with Crippen LogP contribution in [0.3, 0.4) is 0 Å². The molecule has 0 spiro atoms. The van der Waals surface area contributed by atoms with E-state index in [0.29, 0.717) is 6.42 Å². The van der Waals surface area contributed by atoms with E-state index in [1.165, 1.54) is 12.1 Å². The minimum atomic E-state index is -0.911. The van der Waals surface area contributed by atoms with E-state index in [1.807, 2.05) is 0 Å². The Balaban J connectivity index is 2.63. The van der Waals surface area contributed by atoms with Gasteiger partial charge in [-0.25, -0.2) is 4.39 Å². The molecule has 0 heterocycles. The molecule has 2 N–H and O–H groups in total. The topological polar surface area (TPSA) is 49.3 Å². The lowest BCUT2D eigenvalue weighted by Crippen LogP contribution is -2.38. The van der Waals surface area contributed by atoms with E-state index in [4.69, 9.17) is 0 Å². The van der Waals surface area contributed by atoms with Crippen molar-refractivity contribution < 1.29 is 14.3 Å². The van der Waals surface area contributed by atoms with Crippen LogP contribution in [0.15, 0.2) is 24.3 Å². The molecule has 3 nitrogen and oxygen atoms in total. The van der Waals surface area contributed by atoms with Crippen molar-refractivity contribution in [3.8, 4) is 0 Å². The fraction of sp³-hybridized carbons (Fsp3) is 0.562. The molecule has 20 heavy (non-hydrogen) atoms. The van der Waals surface area contributed by atoms with Crippen molar-refractivity contribution in [2.24, 2.45) is 0 Å². The first-order chi connectivity index (χ1) is 9.31. The van der Waals surface area contributed by atoms with Crippen molar-refractivity contribution in [3.05, 3.63) is 35.6 Å². The summed E-state index contributed by atoms with van der Waals surface area (Å²) in [5.41, 5.74) is 0.0675. The summed E-state index contributed by atoms with van der Waals surface area (Å²) in [6.45, 7) is 5.59. The van der Waals surface area contributed by atoms with E-state index in [2.05, 4.69) is 12.2 Å². The summed E-state index contributed by atoms with van der Waals surface area (Å²) in [5, 5.41) is 12.3. The minimum Gasteiger partial charge on any atom is -0.389 e. The fourth-order valence-electron chi connectivity index (χ4n) is 2.08. The Labute approximate surface area is 120 Å². The molecule has 0 aliphatic rings. The van der Waals surface area contributed by atoms with Gasteiger partial charge in [0.15, 0.2) is 0 Å². The summed E-state index contributed by atoms with van der Waals surface area (Å²) in [7, 11) is 0. The molecule has 112 valence electrons. The lowest BCUT2D eigenvalue weighted by molar-refractivity contribution is -0.122. The summed E-state index contributed by atoms with van der Waals surface area (Å²) in [4.78, 5) is 11.9. The van der Waals surface area contributed by atoms with Crippen LogP contribution >= 0.6 is 0 Å². The molecule has 0 aliphatic carbocycles. The number of carbonyl (C=O) groups is 1. The predicted molar refractivity (Wildman–Crippen MR) is 78.0 cm³/mol. The van der Waals surface area contributed by atoms with Crippen LogP contribution in [0.5, 0.6) is 0 Å². The van der Waals surface area contributed by atoms with E-state index in [9.17, 15) is 14.3 Å². The van der Waals surface area contributed by atoms with Gasteiger partial charge in [0, 0.05) is 13.0 Å². The van der Waals surface area contributed by atoms with Crippen molar-refractivity contribution >= 4 is 5.91 Å². The number of amides is 1. The highest BCUT2D eigenvalue weighted by atomic mass is 19.1. The van der Waals surface area contributed by atoms with Crippen molar-refractivity contribution in [2.45, 2.75) is 51.6 Å². The van der Waals surface area contributed by atoms with Gasteiger partial charge in [-0.05, 0) is 43.9 Å². The molecule has 0 fully saturated rings. The van der Waals surface area contributed by atoms with Crippen molar-refractivity contribution in [2.75, 3.05) is 6.54 Å². The summed E-state index contributed by atoms with van der Waals surface area (Å²) < 4.78 is 12.9. The third-order valence-electron chi connectivity index (χ3n) is 3.13. The third-order valence-corrected chi connectivity index (χ3v) is 3.13. The van der Waals surface area contributed by atoms with E-state index in [0.717, 1.165) is 18.4 Å². The quantitative estimate of drug-likeness (QED) is 0.807. The number of aliphatic hydroxyl groups is 1. The molecule has 1 aromatic carbocycles. The normalized spacial score (nSPS) is 13.1. The van der Waals surface area contributed by atoms with Crippen molar-refractivity contribution in [3.63, 3.8) is 0 Å². The average molecular weight is 281 g/mol. The molecule has 0 aromatic heterocycles. The average Bonchev–Trinajstić information content (AvgIpc) is 2.36. The number of rotatable bonds is 7. The fourth-order valence-corrected chi connectivity index (χ4v) is 2.08. The van der Waals surface area contributed by atoms with Gasteiger partial charge in [0.1, 0.15) is 5.82 Å². The smallest absolute Gasteiger partial charge is 0.220 e. The molecule has 0 radical (unpaired) electrons. The molecule has 1 unspecified atom stereocenters. The summed E-state index contributed by atoms with van der Waals surface area (Å²) in [5.74, 6) is -0.271. The number of hydrogen-bond donors (Lipinski definition) is 2. The van der Waals surface area contributed by atoms with Gasteiger partial charge in [-0.1, -0.05) is 25.5 Å². The van der Waals surface area contributed by atoms with E-state index in [-0.39, 0.29) is 24.2 Å². The largest absolute Gasteiger partial charge is 0.389 e. The molecular weight excluding hydrogens is 257 g/mol. The van der Waals surface area contributed by atoms with Gasteiger partial charge in [-0.3, -0.25) is 4.79 Å². The third kappa shape index (κ3) is 6.15. The zero-order valence-electron chi connectivity index (χ0n) is 12.4. The number of hydrogen-bond acceptors (Lipinski definition) is 2. The van der Waals surface area contributed by atoms with Gasteiger partial charge in [-0.2, -0.15) is 0 Å². The highest BCUT2D eigenvalue weighted by Gasteiger charge is 2.18. The highest BCUT2D eigenvalue weighted by Crippen LogP contribution is 2.25. The van der Waals surface area contributed by atoms with Crippen molar-refractivity contribution in [1.29, 1.82) is 0 Å². The summed E-state index contributed by atoms with van der Waals surface area (Å²) in [6, 6.07) is 6.32. The maximum Gasteiger partial charge on any atom is 0.220 e. The molecule has 0 aliphatic heterocycles. The first kappa shape index (κ1) is 16.6. The second-order valence-corrected chi connectivity index (χ2v) is 5.83. The Kier molecular flexibility index (Phi) is 6.14. The second-order valence-electron chi connectivity index (χ2n) is 5.83. The van der Waals surface area contributed by atoms with E-state index in [1.54, 1.807) is 26.0 Å². The lowest BCUT2D eigenvalue weighted by atomic mass is 9.91. The van der Waals surface area contributed by atoms with Crippen LogP contribution in [0.4, 0.5) is 4.39 Å². The number of halogens is 1. The monoisotopic (exact) mass is 281 g/mol. The minimum absolute atomic E-state index is 0.0856. The highest BCUT2D eigenvalue weighted by molar-refractivity contribution is 5.76. The SMILES string of the molecule is CCCC(CC(=O)NCC(C)(C)O)c1ccc(F)cc1. The second kappa shape index (κ2) is 7.39. The summed E-state index contributed by atoms with van der Waals surface area (Å²) in [6.07, 6.45) is 2.19. The Morgan fingerprint density at radius 3 is 2.45 bits per heavy atom. The number of nitrogens with one attached hydrogen (secondary N) is 1. The van der Waals surface area contributed by atoms with Crippen LogP contribution < -0.4 is 5.32 Å².